The summed E-state index contributed by atoms with van der Waals surface area (Å²) in [7, 11) is 1.78. The molecule has 18 heavy (non-hydrogen) atoms. The van der Waals surface area contributed by atoms with Crippen molar-refractivity contribution >= 4 is 0 Å². The zero-order valence-corrected chi connectivity index (χ0v) is 11.0. The normalized spacial score (nSPS) is 24.7. The van der Waals surface area contributed by atoms with Crippen molar-refractivity contribution in [2.75, 3.05) is 20.2 Å². The van der Waals surface area contributed by atoms with E-state index in [2.05, 4.69) is 22.9 Å². The Morgan fingerprint density at radius 2 is 2.44 bits per heavy atom. The van der Waals surface area contributed by atoms with Gasteiger partial charge in [-0.3, -0.25) is 4.90 Å². The Morgan fingerprint density at radius 3 is 3.17 bits per heavy atom. The lowest BCUT2D eigenvalue weighted by Crippen LogP contribution is -2.46. The highest BCUT2D eigenvalue weighted by Crippen LogP contribution is 2.24. The van der Waals surface area contributed by atoms with Gasteiger partial charge in [-0.2, -0.15) is 5.26 Å². The average molecular weight is 245 g/mol. The molecule has 1 fully saturated rings. The van der Waals surface area contributed by atoms with Gasteiger partial charge in [0.15, 0.2) is 0 Å². The highest BCUT2D eigenvalue weighted by Gasteiger charge is 2.30. The fourth-order valence-electron chi connectivity index (χ4n) is 2.50. The molecule has 0 N–H and O–H groups in total. The Balaban J connectivity index is 2.03. The number of likely N-dealkylation sites (tertiary alicyclic amines) is 1. The molecule has 1 atom stereocenters. The highest BCUT2D eigenvalue weighted by molar-refractivity contribution is 5.25. The highest BCUT2D eigenvalue weighted by atomic mass is 16.5. The standard InChI is InChI=1S/C14H19N3O/c1-14(18-2)5-3-7-17(11-14)10-12-4-6-16-13(8-12)9-15/h4,6,8H,3,5,7,10-11H2,1-2H3. The van der Waals surface area contributed by atoms with Crippen molar-refractivity contribution in [3.05, 3.63) is 29.6 Å². The van der Waals surface area contributed by atoms with Crippen LogP contribution in [-0.4, -0.2) is 35.7 Å². The number of methoxy groups -OCH3 is 1. The molecule has 2 heterocycles. The second kappa shape index (κ2) is 5.47. The first-order valence-corrected chi connectivity index (χ1v) is 6.28. The summed E-state index contributed by atoms with van der Waals surface area (Å²) in [5, 5.41) is 8.84. The van der Waals surface area contributed by atoms with E-state index in [-0.39, 0.29) is 5.60 Å². The van der Waals surface area contributed by atoms with Gasteiger partial charge in [0, 0.05) is 26.4 Å². The van der Waals surface area contributed by atoms with Gasteiger partial charge >= 0.3 is 0 Å². The number of piperidine rings is 1. The van der Waals surface area contributed by atoms with Gasteiger partial charge in [-0.25, -0.2) is 4.98 Å². The van der Waals surface area contributed by atoms with E-state index in [1.165, 1.54) is 0 Å². The Morgan fingerprint density at radius 1 is 1.61 bits per heavy atom. The van der Waals surface area contributed by atoms with E-state index in [4.69, 9.17) is 10.00 Å². The minimum Gasteiger partial charge on any atom is -0.377 e. The number of hydrogen-bond acceptors (Lipinski definition) is 4. The molecule has 1 aromatic rings. The van der Waals surface area contributed by atoms with Crippen LogP contribution in [0.2, 0.25) is 0 Å². The second-order valence-electron chi connectivity index (χ2n) is 5.13. The van der Waals surface area contributed by atoms with Gasteiger partial charge in [-0.05, 0) is 44.0 Å². The van der Waals surface area contributed by atoms with Gasteiger partial charge < -0.3 is 4.74 Å². The molecule has 0 amide bonds. The molecule has 1 aliphatic heterocycles. The molecule has 0 aromatic carbocycles. The molecule has 4 nitrogen and oxygen atoms in total. The zero-order chi connectivity index (χ0) is 13.0. The molecule has 0 saturated carbocycles. The van der Waals surface area contributed by atoms with Crippen molar-refractivity contribution in [3.63, 3.8) is 0 Å². The number of aromatic nitrogens is 1. The molecule has 96 valence electrons. The van der Waals surface area contributed by atoms with Gasteiger partial charge in [0.25, 0.3) is 0 Å². The lowest BCUT2D eigenvalue weighted by Gasteiger charge is -2.39. The number of nitriles is 1. The molecule has 0 bridgehead atoms. The summed E-state index contributed by atoms with van der Waals surface area (Å²) in [6.45, 7) is 5.04. The third kappa shape index (κ3) is 3.06. The quantitative estimate of drug-likeness (QED) is 0.816. The van der Waals surface area contributed by atoms with Crippen LogP contribution in [0, 0.1) is 11.3 Å². The van der Waals surface area contributed by atoms with E-state index in [1.807, 2.05) is 12.1 Å². The zero-order valence-electron chi connectivity index (χ0n) is 11.0. The van der Waals surface area contributed by atoms with E-state index < -0.39 is 0 Å². The van der Waals surface area contributed by atoms with Crippen molar-refractivity contribution in [2.45, 2.75) is 31.9 Å². The first-order chi connectivity index (χ1) is 8.65. The Labute approximate surface area is 108 Å². The van der Waals surface area contributed by atoms with Crippen LogP contribution in [0.1, 0.15) is 31.0 Å². The Bertz CT molecular complexity index is 455. The summed E-state index contributed by atoms with van der Waals surface area (Å²) in [4.78, 5) is 6.37. The summed E-state index contributed by atoms with van der Waals surface area (Å²) in [6, 6.07) is 5.91. The van der Waals surface area contributed by atoms with E-state index in [9.17, 15) is 0 Å². The van der Waals surface area contributed by atoms with E-state index >= 15 is 0 Å². The predicted molar refractivity (Wildman–Crippen MR) is 68.9 cm³/mol. The second-order valence-corrected chi connectivity index (χ2v) is 5.13. The van der Waals surface area contributed by atoms with Crippen LogP contribution in [0.15, 0.2) is 18.3 Å². The van der Waals surface area contributed by atoms with Gasteiger partial charge in [-0.15, -0.1) is 0 Å². The predicted octanol–water partition coefficient (Wildman–Crippen LogP) is 1.95. The summed E-state index contributed by atoms with van der Waals surface area (Å²) < 4.78 is 5.59. The summed E-state index contributed by atoms with van der Waals surface area (Å²) in [5.41, 5.74) is 1.59. The van der Waals surface area contributed by atoms with Crippen molar-refractivity contribution in [3.8, 4) is 6.07 Å². The minimum atomic E-state index is -0.0384. The molecule has 2 rings (SSSR count). The van der Waals surface area contributed by atoms with Gasteiger partial charge in [0.1, 0.15) is 11.8 Å². The maximum Gasteiger partial charge on any atom is 0.140 e. The smallest absolute Gasteiger partial charge is 0.140 e. The minimum absolute atomic E-state index is 0.0384. The maximum absolute atomic E-state index is 8.84. The molecule has 1 saturated heterocycles. The monoisotopic (exact) mass is 245 g/mol. The van der Waals surface area contributed by atoms with Crippen molar-refractivity contribution < 1.29 is 4.74 Å². The first-order valence-electron chi connectivity index (χ1n) is 6.28. The topological polar surface area (TPSA) is 49.1 Å². The molecule has 0 spiro atoms. The maximum atomic E-state index is 8.84. The van der Waals surface area contributed by atoms with Crippen molar-refractivity contribution in [1.82, 2.24) is 9.88 Å². The van der Waals surface area contributed by atoms with Crippen LogP contribution in [-0.2, 0) is 11.3 Å². The fraction of sp³-hybridized carbons (Fsp3) is 0.571. The van der Waals surface area contributed by atoms with Gasteiger partial charge in [0.2, 0.25) is 0 Å². The van der Waals surface area contributed by atoms with Gasteiger partial charge in [0.05, 0.1) is 5.60 Å². The molecule has 1 unspecified atom stereocenters. The van der Waals surface area contributed by atoms with E-state index in [0.29, 0.717) is 5.69 Å². The lowest BCUT2D eigenvalue weighted by molar-refractivity contribution is -0.0527. The van der Waals surface area contributed by atoms with Crippen LogP contribution in [0.25, 0.3) is 0 Å². The Hall–Kier alpha value is -1.44. The molecule has 4 heteroatoms. The molecule has 1 aliphatic rings. The third-order valence-corrected chi connectivity index (χ3v) is 3.58. The number of nitrogens with zero attached hydrogens (tertiary/aromatic N) is 3. The molecule has 0 radical (unpaired) electrons. The summed E-state index contributed by atoms with van der Waals surface area (Å²) in [5.74, 6) is 0. The Kier molecular flexibility index (Phi) is 3.95. The van der Waals surface area contributed by atoms with Crippen LogP contribution in [0.5, 0.6) is 0 Å². The summed E-state index contributed by atoms with van der Waals surface area (Å²) >= 11 is 0. The average Bonchev–Trinajstić information content (AvgIpc) is 2.39. The fourth-order valence-corrected chi connectivity index (χ4v) is 2.50. The molecular weight excluding hydrogens is 226 g/mol. The molecular formula is C14H19N3O. The number of rotatable bonds is 3. The van der Waals surface area contributed by atoms with Crippen LogP contribution in [0.3, 0.4) is 0 Å². The van der Waals surface area contributed by atoms with Crippen molar-refractivity contribution in [2.24, 2.45) is 0 Å². The first kappa shape index (κ1) is 13.0. The van der Waals surface area contributed by atoms with Crippen LogP contribution < -0.4 is 0 Å². The van der Waals surface area contributed by atoms with E-state index in [0.717, 1.165) is 38.0 Å². The third-order valence-electron chi connectivity index (χ3n) is 3.58. The number of pyridine rings is 1. The number of ether oxygens (including phenoxy) is 1. The number of hydrogen-bond donors (Lipinski definition) is 0. The summed E-state index contributed by atoms with van der Waals surface area (Å²) in [6.07, 6.45) is 3.97. The largest absolute Gasteiger partial charge is 0.377 e. The lowest BCUT2D eigenvalue weighted by atomic mass is 9.94. The molecule has 0 aliphatic carbocycles. The van der Waals surface area contributed by atoms with E-state index in [1.54, 1.807) is 13.3 Å². The van der Waals surface area contributed by atoms with Crippen molar-refractivity contribution in [1.29, 1.82) is 5.26 Å². The van der Waals surface area contributed by atoms with Gasteiger partial charge in [-0.1, -0.05) is 0 Å². The van der Waals surface area contributed by atoms with Crippen LogP contribution >= 0.6 is 0 Å². The van der Waals surface area contributed by atoms with Crippen LogP contribution in [0.4, 0.5) is 0 Å². The molecule has 1 aromatic heterocycles. The SMILES string of the molecule is COC1(C)CCCN(Cc2ccnc(C#N)c2)C1.